The number of amides is 1. The number of aromatic nitrogens is 2. The number of benzene rings is 3. The second-order valence-electron chi connectivity index (χ2n) is 9.73. The average Bonchev–Trinajstić information content (AvgIpc) is 2.96. The van der Waals surface area contributed by atoms with Gasteiger partial charge in [-0.3, -0.25) is 8.98 Å². The SMILES string of the molecule is Cc1ccc(S(=O)(=O)OCCOCCN(C)c2cc(C)nc(Nc3ccc(NC(=O)Cc4ccccc4)cc3)n2)cc1. The van der Waals surface area contributed by atoms with Crippen LogP contribution in [0.15, 0.2) is 89.8 Å². The highest BCUT2D eigenvalue weighted by molar-refractivity contribution is 7.86. The minimum atomic E-state index is -3.81. The van der Waals surface area contributed by atoms with E-state index in [1.165, 1.54) is 12.1 Å². The summed E-state index contributed by atoms with van der Waals surface area (Å²) in [6, 6.07) is 25.3. The molecule has 4 rings (SSSR count). The third kappa shape index (κ3) is 9.37. The van der Waals surface area contributed by atoms with Gasteiger partial charge in [0.15, 0.2) is 0 Å². The molecular formula is C31H35N5O5S. The molecule has 0 bridgehead atoms. The molecule has 1 aromatic heterocycles. The van der Waals surface area contributed by atoms with Crippen LogP contribution in [0.1, 0.15) is 16.8 Å². The second kappa shape index (κ2) is 14.5. The first-order valence-electron chi connectivity index (χ1n) is 13.5. The summed E-state index contributed by atoms with van der Waals surface area (Å²) in [5, 5.41) is 6.12. The van der Waals surface area contributed by atoms with Crippen LogP contribution >= 0.6 is 0 Å². The molecule has 0 aliphatic carbocycles. The van der Waals surface area contributed by atoms with Crippen LogP contribution in [0.5, 0.6) is 0 Å². The van der Waals surface area contributed by atoms with Gasteiger partial charge in [0.05, 0.1) is 31.1 Å². The number of likely N-dealkylation sites (N-methyl/N-ethyl adjacent to an activating group) is 1. The van der Waals surface area contributed by atoms with Crippen LogP contribution in [0.3, 0.4) is 0 Å². The molecule has 0 aliphatic heterocycles. The summed E-state index contributed by atoms with van der Waals surface area (Å²) >= 11 is 0. The van der Waals surface area contributed by atoms with Gasteiger partial charge in [-0.15, -0.1) is 0 Å². The van der Waals surface area contributed by atoms with Gasteiger partial charge < -0.3 is 20.3 Å². The third-order valence-corrected chi connectivity index (χ3v) is 7.54. The predicted molar refractivity (Wildman–Crippen MR) is 164 cm³/mol. The summed E-state index contributed by atoms with van der Waals surface area (Å²) in [7, 11) is -1.92. The van der Waals surface area contributed by atoms with Crippen LogP contribution in [0, 0.1) is 13.8 Å². The summed E-state index contributed by atoms with van der Waals surface area (Å²) in [4.78, 5) is 23.5. The van der Waals surface area contributed by atoms with E-state index in [2.05, 4.69) is 20.6 Å². The molecule has 0 radical (unpaired) electrons. The van der Waals surface area contributed by atoms with Gasteiger partial charge in [0.1, 0.15) is 5.82 Å². The Kier molecular flexibility index (Phi) is 10.6. The first-order valence-corrected chi connectivity index (χ1v) is 14.9. The monoisotopic (exact) mass is 589 g/mol. The zero-order chi connectivity index (χ0) is 30.0. The van der Waals surface area contributed by atoms with Crippen LogP contribution < -0.4 is 15.5 Å². The van der Waals surface area contributed by atoms with E-state index in [9.17, 15) is 13.2 Å². The number of carbonyl (C=O) groups excluding carboxylic acids is 1. The van der Waals surface area contributed by atoms with Crippen molar-refractivity contribution < 1.29 is 22.1 Å². The summed E-state index contributed by atoms with van der Waals surface area (Å²) in [5.74, 6) is 1.06. The van der Waals surface area contributed by atoms with Crippen LogP contribution in [-0.4, -0.2) is 57.7 Å². The molecule has 0 fully saturated rings. The third-order valence-electron chi connectivity index (χ3n) is 6.21. The molecule has 2 N–H and O–H groups in total. The Morgan fingerprint density at radius 2 is 1.55 bits per heavy atom. The highest BCUT2D eigenvalue weighted by Gasteiger charge is 2.14. The van der Waals surface area contributed by atoms with Crippen molar-refractivity contribution in [2.75, 3.05) is 48.9 Å². The van der Waals surface area contributed by atoms with Crippen molar-refractivity contribution in [3.63, 3.8) is 0 Å². The van der Waals surface area contributed by atoms with E-state index in [1.807, 2.05) is 86.5 Å². The molecule has 4 aromatic rings. The lowest BCUT2D eigenvalue weighted by molar-refractivity contribution is -0.115. The van der Waals surface area contributed by atoms with E-state index in [4.69, 9.17) is 8.92 Å². The lowest BCUT2D eigenvalue weighted by atomic mass is 10.1. The topological polar surface area (TPSA) is 123 Å². The first-order chi connectivity index (χ1) is 20.2. The first kappa shape index (κ1) is 30.6. The molecule has 0 unspecified atom stereocenters. The van der Waals surface area contributed by atoms with Gasteiger partial charge in [0, 0.05) is 36.7 Å². The van der Waals surface area contributed by atoms with E-state index in [0.29, 0.717) is 37.0 Å². The zero-order valence-electron chi connectivity index (χ0n) is 23.9. The molecule has 220 valence electrons. The molecule has 0 atom stereocenters. The maximum atomic E-state index is 12.3. The number of carbonyl (C=O) groups is 1. The molecule has 1 amide bonds. The van der Waals surface area contributed by atoms with E-state index >= 15 is 0 Å². The molecule has 0 aliphatic rings. The van der Waals surface area contributed by atoms with Crippen molar-refractivity contribution in [3.05, 3.63) is 102 Å². The van der Waals surface area contributed by atoms with Crippen molar-refractivity contribution in [1.82, 2.24) is 9.97 Å². The van der Waals surface area contributed by atoms with Crippen molar-refractivity contribution in [3.8, 4) is 0 Å². The van der Waals surface area contributed by atoms with E-state index in [0.717, 1.165) is 22.5 Å². The number of nitrogens with zero attached hydrogens (tertiary/aromatic N) is 3. The number of hydrogen-bond donors (Lipinski definition) is 2. The Labute approximate surface area is 246 Å². The van der Waals surface area contributed by atoms with E-state index < -0.39 is 10.1 Å². The standard InChI is InChI=1S/C31H35N5O5S/c1-23-9-15-28(16-10-23)42(38,39)41-20-19-40-18-17-36(3)29-21-24(2)32-31(35-29)34-27-13-11-26(12-14-27)33-30(37)22-25-7-5-4-6-8-25/h4-16,21H,17-20,22H2,1-3H3,(H,33,37)(H,32,34,35). The van der Waals surface area contributed by atoms with Gasteiger partial charge in [0.2, 0.25) is 11.9 Å². The molecule has 42 heavy (non-hydrogen) atoms. The van der Waals surface area contributed by atoms with Crippen molar-refractivity contribution >= 4 is 39.2 Å². The van der Waals surface area contributed by atoms with Gasteiger partial charge >= 0.3 is 0 Å². The van der Waals surface area contributed by atoms with Crippen LogP contribution in [0.25, 0.3) is 0 Å². The van der Waals surface area contributed by atoms with Gasteiger partial charge in [0.25, 0.3) is 10.1 Å². The van der Waals surface area contributed by atoms with Crippen molar-refractivity contribution in [2.45, 2.75) is 25.2 Å². The Hall–Kier alpha value is -4.32. The Morgan fingerprint density at radius 1 is 0.857 bits per heavy atom. The van der Waals surface area contributed by atoms with Crippen LogP contribution in [-0.2, 0) is 30.3 Å². The Morgan fingerprint density at radius 3 is 2.26 bits per heavy atom. The summed E-state index contributed by atoms with van der Waals surface area (Å²) < 4.78 is 35.2. The van der Waals surface area contributed by atoms with Crippen LogP contribution in [0.2, 0.25) is 0 Å². The fraction of sp³-hybridized carbons (Fsp3) is 0.258. The van der Waals surface area contributed by atoms with Crippen molar-refractivity contribution in [2.24, 2.45) is 0 Å². The number of hydrogen-bond acceptors (Lipinski definition) is 9. The minimum absolute atomic E-state index is 0.0733. The smallest absolute Gasteiger partial charge is 0.297 e. The predicted octanol–water partition coefficient (Wildman–Crippen LogP) is 4.88. The fourth-order valence-corrected chi connectivity index (χ4v) is 4.84. The van der Waals surface area contributed by atoms with E-state index in [-0.39, 0.29) is 24.0 Å². The number of anilines is 4. The van der Waals surface area contributed by atoms with Crippen molar-refractivity contribution in [1.29, 1.82) is 0 Å². The number of nitrogens with one attached hydrogen (secondary N) is 2. The van der Waals surface area contributed by atoms with Gasteiger partial charge in [-0.05, 0) is 55.8 Å². The molecule has 1 heterocycles. The highest BCUT2D eigenvalue weighted by Crippen LogP contribution is 2.20. The van der Waals surface area contributed by atoms with Gasteiger partial charge in [-0.1, -0.05) is 48.0 Å². The normalized spacial score (nSPS) is 11.2. The molecule has 0 saturated heterocycles. The maximum absolute atomic E-state index is 12.3. The second-order valence-corrected chi connectivity index (χ2v) is 11.3. The summed E-state index contributed by atoms with van der Waals surface area (Å²) in [6.45, 7) is 4.72. The molecule has 11 heteroatoms. The van der Waals surface area contributed by atoms with Gasteiger partial charge in [-0.2, -0.15) is 13.4 Å². The largest absolute Gasteiger partial charge is 0.377 e. The fourth-order valence-electron chi connectivity index (χ4n) is 3.95. The zero-order valence-corrected chi connectivity index (χ0v) is 24.7. The van der Waals surface area contributed by atoms with Crippen LogP contribution in [0.4, 0.5) is 23.1 Å². The minimum Gasteiger partial charge on any atom is -0.377 e. The lowest BCUT2D eigenvalue weighted by Gasteiger charge is -2.19. The van der Waals surface area contributed by atoms with E-state index in [1.54, 1.807) is 12.1 Å². The molecule has 0 saturated carbocycles. The molecule has 3 aromatic carbocycles. The number of ether oxygens (including phenoxy) is 1. The highest BCUT2D eigenvalue weighted by atomic mass is 32.2. The Balaban J connectivity index is 1.22. The molecule has 0 spiro atoms. The summed E-state index contributed by atoms with van der Waals surface area (Å²) in [6.07, 6.45) is 0.309. The summed E-state index contributed by atoms with van der Waals surface area (Å²) in [5.41, 5.74) is 4.19. The number of rotatable bonds is 14. The average molecular weight is 590 g/mol. The Bertz CT molecular complexity index is 1560. The van der Waals surface area contributed by atoms with Gasteiger partial charge in [-0.25, -0.2) is 4.98 Å². The lowest BCUT2D eigenvalue weighted by Crippen LogP contribution is -2.25. The quantitative estimate of drug-likeness (QED) is 0.157. The molecular weight excluding hydrogens is 554 g/mol. The number of aryl methyl sites for hydroxylation is 2. The molecule has 10 nitrogen and oxygen atoms in total. The maximum Gasteiger partial charge on any atom is 0.297 e.